The first kappa shape index (κ1) is 18.0. The summed E-state index contributed by atoms with van der Waals surface area (Å²) in [5, 5.41) is 8.83. The van der Waals surface area contributed by atoms with Gasteiger partial charge in [-0.2, -0.15) is 0 Å². The van der Waals surface area contributed by atoms with Crippen LogP contribution in [0.25, 0.3) is 16.9 Å². The first-order chi connectivity index (χ1) is 14.3. The molecule has 2 aromatic carbocycles. The third-order valence-corrected chi connectivity index (χ3v) is 5.88. The quantitative estimate of drug-likeness (QED) is 0.521. The minimum Gasteiger partial charge on any atom is -0.299 e. The summed E-state index contributed by atoms with van der Waals surface area (Å²) < 4.78 is 2.09. The number of likely N-dealkylation sites (tertiary alicyclic amines) is 1. The molecule has 0 saturated carbocycles. The van der Waals surface area contributed by atoms with Gasteiger partial charge in [-0.05, 0) is 44.0 Å². The van der Waals surface area contributed by atoms with E-state index in [1.54, 1.807) is 0 Å². The van der Waals surface area contributed by atoms with Crippen LogP contribution in [0.2, 0.25) is 0 Å². The number of aryl methyl sites for hydroxylation is 1. The van der Waals surface area contributed by atoms with Crippen molar-refractivity contribution in [1.29, 1.82) is 0 Å². The van der Waals surface area contributed by atoms with Gasteiger partial charge < -0.3 is 0 Å². The number of nitrogens with zero attached hydrogens (tertiary/aromatic N) is 5. The summed E-state index contributed by atoms with van der Waals surface area (Å²) in [4.78, 5) is 7.08. The van der Waals surface area contributed by atoms with Crippen molar-refractivity contribution < 1.29 is 0 Å². The number of benzene rings is 2. The van der Waals surface area contributed by atoms with Crippen molar-refractivity contribution in [3.8, 4) is 11.1 Å². The van der Waals surface area contributed by atoms with Crippen molar-refractivity contribution in [3.63, 3.8) is 0 Å². The van der Waals surface area contributed by atoms with E-state index < -0.39 is 0 Å². The van der Waals surface area contributed by atoms with Crippen LogP contribution in [0.5, 0.6) is 0 Å². The van der Waals surface area contributed by atoms with Gasteiger partial charge in [0.15, 0.2) is 0 Å². The largest absolute Gasteiger partial charge is 0.299 e. The normalized spacial score (nSPS) is 15.8. The zero-order valence-electron chi connectivity index (χ0n) is 16.7. The van der Waals surface area contributed by atoms with E-state index in [0.29, 0.717) is 11.7 Å². The highest BCUT2D eigenvalue weighted by Crippen LogP contribution is 2.28. The lowest BCUT2D eigenvalue weighted by atomic mass is 9.95. The molecule has 0 aliphatic carbocycles. The number of fused-ring (bicyclic) bond motifs is 1. The summed E-state index contributed by atoms with van der Waals surface area (Å²) in [6.07, 6.45) is 6.23. The van der Waals surface area contributed by atoms with E-state index in [-0.39, 0.29) is 0 Å². The van der Waals surface area contributed by atoms with Crippen molar-refractivity contribution in [2.24, 2.45) is 0 Å². The number of hydrogen-bond acceptors (Lipinski definition) is 4. The number of hydrogen-bond donors (Lipinski definition) is 0. The predicted molar refractivity (Wildman–Crippen MR) is 115 cm³/mol. The second-order valence-corrected chi connectivity index (χ2v) is 7.97. The molecule has 5 nitrogen and oxygen atoms in total. The second-order valence-electron chi connectivity index (χ2n) is 7.97. The topological polar surface area (TPSA) is 46.3 Å². The fourth-order valence-corrected chi connectivity index (χ4v) is 4.17. The Labute approximate surface area is 171 Å². The van der Waals surface area contributed by atoms with Crippen molar-refractivity contribution in [2.45, 2.75) is 32.2 Å². The molecule has 4 aromatic rings. The molecule has 0 N–H and O–H groups in total. The zero-order valence-corrected chi connectivity index (χ0v) is 16.7. The second kappa shape index (κ2) is 7.76. The molecule has 1 fully saturated rings. The molecule has 29 heavy (non-hydrogen) atoms. The Balaban J connectivity index is 1.34. The van der Waals surface area contributed by atoms with E-state index in [1.807, 2.05) is 6.20 Å². The SMILES string of the molecule is Cc1ccc(-c2cnc3nnc(C4CCN(Cc5ccccc5)CC4)n3c2)cc1. The van der Waals surface area contributed by atoms with Crippen LogP contribution in [0.1, 0.15) is 35.7 Å². The Bertz CT molecular complexity index is 1090. The highest BCUT2D eigenvalue weighted by atomic mass is 15.3. The van der Waals surface area contributed by atoms with Crippen molar-refractivity contribution >= 4 is 5.78 Å². The van der Waals surface area contributed by atoms with E-state index in [4.69, 9.17) is 0 Å². The van der Waals surface area contributed by atoms with Gasteiger partial charge in [-0.1, -0.05) is 60.2 Å². The van der Waals surface area contributed by atoms with Crippen molar-refractivity contribution in [1.82, 2.24) is 24.5 Å². The molecule has 146 valence electrons. The van der Waals surface area contributed by atoms with Crippen LogP contribution in [0.3, 0.4) is 0 Å². The highest BCUT2D eigenvalue weighted by molar-refractivity contribution is 5.62. The van der Waals surface area contributed by atoms with Crippen LogP contribution in [0.15, 0.2) is 67.0 Å². The molecule has 5 heteroatoms. The summed E-state index contributed by atoms with van der Waals surface area (Å²) in [7, 11) is 0. The molecular formula is C24H25N5. The van der Waals surface area contributed by atoms with Crippen molar-refractivity contribution in [3.05, 3.63) is 83.9 Å². The molecule has 1 aliphatic heterocycles. The first-order valence-corrected chi connectivity index (χ1v) is 10.3. The maximum Gasteiger partial charge on any atom is 0.254 e. The smallest absolute Gasteiger partial charge is 0.254 e. The molecule has 1 aliphatic rings. The monoisotopic (exact) mass is 383 g/mol. The Kier molecular flexibility index (Phi) is 4.82. The summed E-state index contributed by atoms with van der Waals surface area (Å²) >= 11 is 0. The van der Waals surface area contributed by atoms with E-state index in [9.17, 15) is 0 Å². The number of aromatic nitrogens is 4. The third kappa shape index (κ3) is 3.78. The van der Waals surface area contributed by atoms with Gasteiger partial charge in [-0.15, -0.1) is 10.2 Å². The molecule has 0 atom stereocenters. The number of rotatable bonds is 4. The van der Waals surface area contributed by atoms with Gasteiger partial charge >= 0.3 is 0 Å². The Morgan fingerprint density at radius 2 is 1.66 bits per heavy atom. The molecule has 2 aromatic heterocycles. The molecule has 1 saturated heterocycles. The molecule has 0 spiro atoms. The molecule has 5 rings (SSSR count). The lowest BCUT2D eigenvalue weighted by molar-refractivity contribution is 0.201. The van der Waals surface area contributed by atoms with Crippen LogP contribution in [0.4, 0.5) is 0 Å². The summed E-state index contributed by atoms with van der Waals surface area (Å²) in [5.41, 5.74) is 4.91. The Morgan fingerprint density at radius 3 is 2.41 bits per heavy atom. The van der Waals surface area contributed by atoms with Gasteiger partial charge in [0.1, 0.15) is 5.82 Å². The van der Waals surface area contributed by atoms with Gasteiger partial charge in [0.25, 0.3) is 5.78 Å². The van der Waals surface area contributed by atoms with E-state index >= 15 is 0 Å². The van der Waals surface area contributed by atoms with Crippen LogP contribution in [-0.2, 0) is 6.54 Å². The van der Waals surface area contributed by atoms with Crippen LogP contribution in [0, 0.1) is 6.92 Å². The summed E-state index contributed by atoms with van der Waals surface area (Å²) in [5.74, 6) is 2.15. The minimum absolute atomic E-state index is 0.423. The molecule has 0 bridgehead atoms. The average molecular weight is 383 g/mol. The van der Waals surface area contributed by atoms with E-state index in [1.165, 1.54) is 16.7 Å². The zero-order chi connectivity index (χ0) is 19.6. The average Bonchev–Trinajstić information content (AvgIpc) is 3.19. The fourth-order valence-electron chi connectivity index (χ4n) is 4.17. The van der Waals surface area contributed by atoms with Gasteiger partial charge in [0.2, 0.25) is 0 Å². The van der Waals surface area contributed by atoms with E-state index in [2.05, 4.69) is 92.2 Å². The van der Waals surface area contributed by atoms with Gasteiger partial charge in [-0.25, -0.2) is 4.98 Å². The summed E-state index contributed by atoms with van der Waals surface area (Å²) in [6, 6.07) is 19.3. The summed E-state index contributed by atoms with van der Waals surface area (Å²) in [6.45, 7) is 5.29. The fraction of sp³-hybridized carbons (Fsp3) is 0.292. The maximum absolute atomic E-state index is 4.55. The molecule has 0 amide bonds. The minimum atomic E-state index is 0.423. The van der Waals surface area contributed by atoms with E-state index in [0.717, 1.165) is 43.9 Å². The van der Waals surface area contributed by atoms with Crippen LogP contribution >= 0.6 is 0 Å². The van der Waals surface area contributed by atoms with Gasteiger partial charge in [-0.3, -0.25) is 9.30 Å². The lowest BCUT2D eigenvalue weighted by Crippen LogP contribution is -2.33. The molecular weight excluding hydrogens is 358 g/mol. The lowest BCUT2D eigenvalue weighted by Gasteiger charge is -2.31. The molecule has 0 radical (unpaired) electrons. The number of piperidine rings is 1. The molecule has 0 unspecified atom stereocenters. The van der Waals surface area contributed by atoms with Crippen molar-refractivity contribution in [2.75, 3.05) is 13.1 Å². The Morgan fingerprint density at radius 1 is 0.897 bits per heavy atom. The first-order valence-electron chi connectivity index (χ1n) is 10.3. The third-order valence-electron chi connectivity index (χ3n) is 5.88. The van der Waals surface area contributed by atoms with Gasteiger partial charge in [0, 0.05) is 30.4 Å². The van der Waals surface area contributed by atoms with Crippen LogP contribution in [-0.4, -0.2) is 37.6 Å². The van der Waals surface area contributed by atoms with Crippen LogP contribution < -0.4 is 0 Å². The standard InChI is InChI=1S/C24H25N5/c1-18-7-9-20(10-8-18)22-15-25-24-27-26-23(29(24)17-22)21-11-13-28(14-12-21)16-19-5-3-2-4-6-19/h2-10,15,17,21H,11-14,16H2,1H3. The van der Waals surface area contributed by atoms with Gasteiger partial charge in [0.05, 0.1) is 0 Å². The Hall–Kier alpha value is -3.05. The predicted octanol–water partition coefficient (Wildman–Crippen LogP) is 4.48. The highest BCUT2D eigenvalue weighted by Gasteiger charge is 2.25. The molecule has 3 heterocycles. The maximum atomic E-state index is 4.55.